The Kier molecular flexibility index (Phi) is 7.34. The second-order valence-electron chi connectivity index (χ2n) is 9.00. The van der Waals surface area contributed by atoms with Crippen LogP contribution in [0.2, 0.25) is 5.04 Å². The Hall–Kier alpha value is -2.03. The summed E-state index contributed by atoms with van der Waals surface area (Å²) in [5.41, 5.74) is 0. The first-order valence-corrected chi connectivity index (χ1v) is 12.5. The highest BCUT2D eigenvalue weighted by Gasteiger charge is 2.51. The zero-order valence-corrected chi connectivity index (χ0v) is 19.5. The van der Waals surface area contributed by atoms with Crippen molar-refractivity contribution in [1.29, 1.82) is 0 Å². The number of esters is 1. The molecule has 1 heterocycles. The van der Waals surface area contributed by atoms with Gasteiger partial charge in [-0.1, -0.05) is 81.4 Å². The number of benzene rings is 2. The maximum atomic E-state index is 11.2. The Labute approximate surface area is 184 Å². The van der Waals surface area contributed by atoms with Crippen molar-refractivity contribution in [3.63, 3.8) is 0 Å². The van der Waals surface area contributed by atoms with E-state index in [9.17, 15) is 15.0 Å². The number of aliphatic hydroxyl groups is 2. The van der Waals surface area contributed by atoms with Gasteiger partial charge in [-0.15, -0.1) is 0 Å². The molecule has 0 amide bonds. The summed E-state index contributed by atoms with van der Waals surface area (Å²) in [5, 5.41) is 22.8. The summed E-state index contributed by atoms with van der Waals surface area (Å²) in [5.74, 6) is -0.575. The molecule has 31 heavy (non-hydrogen) atoms. The first-order chi connectivity index (χ1) is 14.6. The Morgan fingerprint density at radius 2 is 1.55 bits per heavy atom. The van der Waals surface area contributed by atoms with E-state index < -0.39 is 38.9 Å². The standard InChI is InChI=1S/C24H32O6Si/c1-17(25)29-22-21(26)15-18(30-23(22)27)16-28-31(24(2,3)4,19-11-7-5-8-12-19)20-13-9-6-10-14-20/h5-14,18,21-23,26-27H,15-16H2,1-4H3/t18-,21+,22+,23+/m0/s1. The smallest absolute Gasteiger partial charge is 0.303 e. The van der Waals surface area contributed by atoms with E-state index in [0.717, 1.165) is 10.4 Å². The molecule has 2 aromatic carbocycles. The average molecular weight is 445 g/mol. The Balaban J connectivity index is 1.90. The van der Waals surface area contributed by atoms with Crippen LogP contribution >= 0.6 is 0 Å². The molecule has 0 spiro atoms. The van der Waals surface area contributed by atoms with Crippen LogP contribution in [-0.2, 0) is 18.7 Å². The minimum Gasteiger partial charge on any atom is -0.454 e. The monoisotopic (exact) mass is 444 g/mol. The van der Waals surface area contributed by atoms with Gasteiger partial charge in [-0.05, 0) is 15.4 Å². The lowest BCUT2D eigenvalue weighted by Crippen LogP contribution is -2.67. The molecule has 0 aromatic heterocycles. The highest BCUT2D eigenvalue weighted by molar-refractivity contribution is 6.99. The fourth-order valence-electron chi connectivity index (χ4n) is 4.34. The number of ether oxygens (including phenoxy) is 2. The third-order valence-corrected chi connectivity index (χ3v) is 10.7. The van der Waals surface area contributed by atoms with Gasteiger partial charge in [0.2, 0.25) is 0 Å². The normalized spacial score (nSPS) is 24.6. The molecular weight excluding hydrogens is 412 g/mol. The Morgan fingerprint density at radius 3 is 1.97 bits per heavy atom. The van der Waals surface area contributed by atoms with Crippen LogP contribution in [0, 0.1) is 0 Å². The first kappa shape index (κ1) is 23.6. The SMILES string of the molecule is CC(=O)O[C@@H]1[C@H](O)C[C@@H](CO[Si](c2ccccc2)(c2ccccc2)C(C)(C)C)O[C@H]1O. The fourth-order valence-corrected chi connectivity index (χ4v) is 8.93. The van der Waals surface area contributed by atoms with Crippen molar-refractivity contribution in [1.82, 2.24) is 0 Å². The molecule has 3 rings (SSSR count). The minimum atomic E-state index is -2.75. The Bertz CT molecular complexity index is 800. The van der Waals surface area contributed by atoms with Gasteiger partial charge in [-0.25, -0.2) is 0 Å². The lowest BCUT2D eigenvalue weighted by Gasteiger charge is -2.44. The average Bonchev–Trinajstić information content (AvgIpc) is 2.72. The molecule has 7 heteroatoms. The summed E-state index contributed by atoms with van der Waals surface area (Å²) in [7, 11) is -2.75. The molecule has 6 nitrogen and oxygen atoms in total. The number of carbonyl (C=O) groups is 1. The van der Waals surface area contributed by atoms with E-state index in [1.165, 1.54) is 6.92 Å². The van der Waals surface area contributed by atoms with Crippen LogP contribution in [0.5, 0.6) is 0 Å². The van der Waals surface area contributed by atoms with Crippen molar-refractivity contribution in [2.45, 2.75) is 63.8 Å². The lowest BCUT2D eigenvalue weighted by atomic mass is 10.0. The van der Waals surface area contributed by atoms with E-state index >= 15 is 0 Å². The van der Waals surface area contributed by atoms with E-state index in [-0.39, 0.29) is 18.1 Å². The zero-order valence-electron chi connectivity index (χ0n) is 18.5. The van der Waals surface area contributed by atoms with Gasteiger partial charge in [-0.2, -0.15) is 0 Å². The summed E-state index contributed by atoms with van der Waals surface area (Å²) in [6, 6.07) is 20.5. The van der Waals surface area contributed by atoms with Crippen LogP contribution in [0.1, 0.15) is 34.1 Å². The molecule has 1 aliphatic rings. The number of carbonyl (C=O) groups excluding carboxylic acids is 1. The lowest BCUT2D eigenvalue weighted by molar-refractivity contribution is -0.258. The van der Waals surface area contributed by atoms with Crippen LogP contribution < -0.4 is 10.4 Å². The van der Waals surface area contributed by atoms with Crippen molar-refractivity contribution in [3.05, 3.63) is 60.7 Å². The highest BCUT2D eigenvalue weighted by atomic mass is 28.4. The van der Waals surface area contributed by atoms with Crippen molar-refractivity contribution in [2.75, 3.05) is 6.61 Å². The number of hydrogen-bond acceptors (Lipinski definition) is 6. The van der Waals surface area contributed by atoms with Crippen molar-refractivity contribution < 1.29 is 28.9 Å². The summed E-state index contributed by atoms with van der Waals surface area (Å²) < 4.78 is 17.5. The van der Waals surface area contributed by atoms with Gasteiger partial charge in [0.05, 0.1) is 18.8 Å². The minimum absolute atomic E-state index is 0.193. The molecule has 1 aliphatic heterocycles. The highest BCUT2D eigenvalue weighted by Crippen LogP contribution is 2.37. The van der Waals surface area contributed by atoms with Gasteiger partial charge in [0, 0.05) is 13.3 Å². The molecule has 0 saturated carbocycles. The van der Waals surface area contributed by atoms with Crippen LogP contribution in [0.25, 0.3) is 0 Å². The van der Waals surface area contributed by atoms with Crippen LogP contribution in [-0.4, -0.2) is 55.7 Å². The third kappa shape index (κ3) is 5.07. The first-order valence-electron chi connectivity index (χ1n) is 10.6. The molecule has 0 unspecified atom stereocenters. The molecule has 0 aliphatic carbocycles. The molecular formula is C24H32O6Si. The van der Waals surface area contributed by atoms with E-state index in [1.54, 1.807) is 0 Å². The number of aliphatic hydroxyl groups excluding tert-OH is 2. The second-order valence-corrected chi connectivity index (χ2v) is 13.3. The van der Waals surface area contributed by atoms with Crippen molar-refractivity contribution in [3.8, 4) is 0 Å². The maximum Gasteiger partial charge on any atom is 0.303 e. The largest absolute Gasteiger partial charge is 0.454 e. The topological polar surface area (TPSA) is 85.2 Å². The van der Waals surface area contributed by atoms with Crippen molar-refractivity contribution >= 4 is 24.7 Å². The van der Waals surface area contributed by atoms with E-state index in [4.69, 9.17) is 13.9 Å². The van der Waals surface area contributed by atoms with Gasteiger partial charge in [0.25, 0.3) is 8.32 Å². The molecule has 2 aromatic rings. The van der Waals surface area contributed by atoms with Crippen LogP contribution in [0.3, 0.4) is 0 Å². The molecule has 0 bridgehead atoms. The molecule has 0 radical (unpaired) electrons. The van der Waals surface area contributed by atoms with E-state index in [2.05, 4.69) is 45.0 Å². The summed E-state index contributed by atoms with van der Waals surface area (Å²) in [4.78, 5) is 11.2. The van der Waals surface area contributed by atoms with Gasteiger partial charge in [-0.3, -0.25) is 4.79 Å². The number of rotatable bonds is 6. The second kappa shape index (κ2) is 9.63. The summed E-state index contributed by atoms with van der Waals surface area (Å²) in [6.07, 6.45) is -3.85. The molecule has 2 N–H and O–H groups in total. The van der Waals surface area contributed by atoms with Crippen molar-refractivity contribution in [2.24, 2.45) is 0 Å². The number of hydrogen-bond donors (Lipinski definition) is 2. The predicted molar refractivity (Wildman–Crippen MR) is 121 cm³/mol. The molecule has 168 valence electrons. The van der Waals surface area contributed by atoms with Crippen LogP contribution in [0.15, 0.2) is 60.7 Å². The maximum absolute atomic E-state index is 11.2. The van der Waals surface area contributed by atoms with Gasteiger partial charge < -0.3 is 24.1 Å². The van der Waals surface area contributed by atoms with E-state index in [0.29, 0.717) is 0 Å². The van der Waals surface area contributed by atoms with E-state index in [1.807, 2.05) is 36.4 Å². The zero-order chi connectivity index (χ0) is 22.6. The van der Waals surface area contributed by atoms with Gasteiger partial charge in [0.1, 0.15) is 0 Å². The third-order valence-electron chi connectivity index (χ3n) is 5.70. The van der Waals surface area contributed by atoms with Crippen LogP contribution in [0.4, 0.5) is 0 Å². The molecule has 4 atom stereocenters. The summed E-state index contributed by atoms with van der Waals surface area (Å²) >= 11 is 0. The molecule has 1 saturated heterocycles. The fraction of sp³-hybridized carbons (Fsp3) is 0.458. The van der Waals surface area contributed by atoms with Gasteiger partial charge >= 0.3 is 5.97 Å². The van der Waals surface area contributed by atoms with Gasteiger partial charge in [0.15, 0.2) is 12.4 Å². The summed E-state index contributed by atoms with van der Waals surface area (Å²) in [6.45, 7) is 7.98. The predicted octanol–water partition coefficient (Wildman–Crippen LogP) is 1.96. The quantitative estimate of drug-likeness (QED) is 0.523. The molecule has 1 fully saturated rings. The Morgan fingerprint density at radius 1 is 1.03 bits per heavy atom.